The maximum absolute atomic E-state index is 14.3. The zero-order valence-corrected chi connectivity index (χ0v) is 12.9. The largest absolute Gasteiger partial charge is 0.280 e. The van der Waals surface area contributed by atoms with Crippen LogP contribution in [0, 0.1) is 12.7 Å². The van der Waals surface area contributed by atoms with Crippen molar-refractivity contribution in [2.24, 2.45) is 0 Å². The summed E-state index contributed by atoms with van der Waals surface area (Å²) in [4.78, 5) is 12.8. The first-order valence-corrected chi connectivity index (χ1v) is 7.40. The van der Waals surface area contributed by atoms with Crippen molar-refractivity contribution in [3.05, 3.63) is 76.0 Å². The third-order valence-electron chi connectivity index (χ3n) is 4.01. The molecule has 0 spiro atoms. The highest BCUT2D eigenvalue weighted by Crippen LogP contribution is 2.25. The zero-order chi connectivity index (χ0) is 15.9. The highest BCUT2D eigenvalue weighted by atomic mass is 19.1. The lowest BCUT2D eigenvalue weighted by Gasteiger charge is -2.16. The minimum atomic E-state index is -0.382. The van der Waals surface area contributed by atoms with E-state index < -0.39 is 0 Å². The molecule has 0 saturated heterocycles. The van der Waals surface area contributed by atoms with Gasteiger partial charge in [0, 0.05) is 11.6 Å². The van der Waals surface area contributed by atoms with Crippen LogP contribution in [-0.2, 0) is 0 Å². The summed E-state index contributed by atoms with van der Waals surface area (Å²) in [7, 11) is 0. The van der Waals surface area contributed by atoms with E-state index >= 15 is 0 Å². The van der Waals surface area contributed by atoms with Gasteiger partial charge in [-0.2, -0.15) is 0 Å². The molecule has 1 heterocycles. The Morgan fingerprint density at radius 1 is 1.00 bits per heavy atom. The van der Waals surface area contributed by atoms with Crippen LogP contribution in [0.15, 0.2) is 53.5 Å². The van der Waals surface area contributed by atoms with Gasteiger partial charge in [-0.1, -0.05) is 44.2 Å². The van der Waals surface area contributed by atoms with E-state index in [2.05, 4.69) is 13.8 Å². The summed E-state index contributed by atoms with van der Waals surface area (Å²) in [6.07, 6.45) is 1.78. The molecule has 1 aromatic heterocycles. The van der Waals surface area contributed by atoms with Crippen molar-refractivity contribution in [3.63, 3.8) is 0 Å². The topological polar surface area (TPSA) is 22.0 Å². The molecule has 3 aromatic rings. The second-order valence-corrected chi connectivity index (χ2v) is 5.87. The first-order chi connectivity index (χ1) is 10.5. The van der Waals surface area contributed by atoms with Gasteiger partial charge in [-0.15, -0.1) is 0 Å². The van der Waals surface area contributed by atoms with E-state index in [1.165, 1.54) is 10.6 Å². The Morgan fingerprint density at radius 2 is 1.68 bits per heavy atom. The number of aromatic nitrogens is 1. The van der Waals surface area contributed by atoms with Gasteiger partial charge < -0.3 is 0 Å². The summed E-state index contributed by atoms with van der Waals surface area (Å²) < 4.78 is 15.7. The second kappa shape index (κ2) is 5.41. The van der Waals surface area contributed by atoms with Crippen LogP contribution < -0.4 is 5.56 Å². The summed E-state index contributed by atoms with van der Waals surface area (Å²) in [5, 5.41) is 1.56. The summed E-state index contributed by atoms with van der Waals surface area (Å²) >= 11 is 0. The number of hydrogen-bond donors (Lipinski definition) is 0. The third kappa shape index (κ3) is 2.23. The molecular weight excluding hydrogens is 277 g/mol. The van der Waals surface area contributed by atoms with Crippen molar-refractivity contribution >= 4 is 10.8 Å². The second-order valence-electron chi connectivity index (χ2n) is 5.87. The molecule has 0 unspecified atom stereocenters. The first-order valence-electron chi connectivity index (χ1n) is 7.40. The average Bonchev–Trinajstić information content (AvgIpc) is 2.49. The Hall–Kier alpha value is -2.42. The van der Waals surface area contributed by atoms with E-state index in [-0.39, 0.29) is 17.3 Å². The number of rotatable bonds is 2. The SMILES string of the molecule is Cc1cccc(F)c1-n1cc(C(C)C)c2ccccc2c1=O. The summed E-state index contributed by atoms with van der Waals surface area (Å²) in [6, 6.07) is 12.4. The van der Waals surface area contributed by atoms with Crippen LogP contribution in [0.2, 0.25) is 0 Å². The molecule has 2 aromatic carbocycles. The molecule has 0 saturated carbocycles. The molecule has 0 aliphatic carbocycles. The predicted molar refractivity (Wildman–Crippen MR) is 88.3 cm³/mol. The van der Waals surface area contributed by atoms with E-state index in [1.807, 2.05) is 31.2 Å². The smallest absolute Gasteiger partial charge is 0.263 e. The number of pyridine rings is 1. The molecule has 3 heteroatoms. The quantitative estimate of drug-likeness (QED) is 0.679. The molecule has 0 bridgehead atoms. The number of halogens is 1. The molecule has 3 rings (SSSR count). The standard InChI is InChI=1S/C19H18FNO/c1-12(2)16-11-21(18-13(3)7-6-10-17(18)20)19(22)15-9-5-4-8-14(15)16/h4-12H,1-3H3. The van der Waals surface area contributed by atoms with Gasteiger partial charge in [-0.05, 0) is 41.5 Å². The first kappa shape index (κ1) is 14.5. The van der Waals surface area contributed by atoms with Gasteiger partial charge in [-0.3, -0.25) is 9.36 Å². The number of benzene rings is 2. The van der Waals surface area contributed by atoms with Gasteiger partial charge in [-0.25, -0.2) is 4.39 Å². The average molecular weight is 295 g/mol. The fourth-order valence-electron chi connectivity index (χ4n) is 2.87. The van der Waals surface area contributed by atoms with Crippen molar-refractivity contribution in [1.82, 2.24) is 4.57 Å². The van der Waals surface area contributed by atoms with Gasteiger partial charge in [0.05, 0.1) is 5.69 Å². The van der Waals surface area contributed by atoms with E-state index in [0.717, 1.165) is 16.5 Å². The van der Waals surface area contributed by atoms with E-state index in [9.17, 15) is 9.18 Å². The van der Waals surface area contributed by atoms with Crippen LogP contribution in [0.1, 0.15) is 30.9 Å². The van der Waals surface area contributed by atoms with E-state index in [1.54, 1.807) is 18.3 Å². The van der Waals surface area contributed by atoms with Gasteiger partial charge in [0.2, 0.25) is 0 Å². The summed E-state index contributed by atoms with van der Waals surface area (Å²) in [5.74, 6) is -0.143. The van der Waals surface area contributed by atoms with Gasteiger partial charge in [0.1, 0.15) is 5.82 Å². The molecule has 0 fully saturated rings. The summed E-state index contributed by atoms with van der Waals surface area (Å²) in [5.41, 5.74) is 1.93. The Labute approximate surface area is 128 Å². The Bertz CT molecular complexity index is 889. The maximum Gasteiger partial charge on any atom is 0.263 e. The highest BCUT2D eigenvalue weighted by molar-refractivity contribution is 5.85. The van der Waals surface area contributed by atoms with E-state index in [4.69, 9.17) is 0 Å². The van der Waals surface area contributed by atoms with Gasteiger partial charge in [0.15, 0.2) is 0 Å². The van der Waals surface area contributed by atoms with Crippen LogP contribution in [0.5, 0.6) is 0 Å². The third-order valence-corrected chi connectivity index (χ3v) is 4.01. The Morgan fingerprint density at radius 3 is 2.32 bits per heavy atom. The lowest BCUT2D eigenvalue weighted by molar-refractivity contribution is 0.614. The lowest BCUT2D eigenvalue weighted by Crippen LogP contribution is -2.21. The zero-order valence-electron chi connectivity index (χ0n) is 12.9. The van der Waals surface area contributed by atoms with Crippen LogP contribution in [0.4, 0.5) is 4.39 Å². The number of hydrogen-bond acceptors (Lipinski definition) is 1. The lowest BCUT2D eigenvalue weighted by atomic mass is 9.98. The van der Waals surface area contributed by atoms with Crippen LogP contribution >= 0.6 is 0 Å². The number of aryl methyl sites for hydroxylation is 1. The fraction of sp³-hybridized carbons (Fsp3) is 0.211. The highest BCUT2D eigenvalue weighted by Gasteiger charge is 2.15. The number of nitrogens with zero attached hydrogens (tertiary/aromatic N) is 1. The minimum absolute atomic E-state index is 0.187. The monoisotopic (exact) mass is 295 g/mol. The van der Waals surface area contributed by atoms with Crippen molar-refractivity contribution < 1.29 is 4.39 Å². The number of para-hydroxylation sites is 1. The van der Waals surface area contributed by atoms with Crippen molar-refractivity contribution in [1.29, 1.82) is 0 Å². The van der Waals surface area contributed by atoms with Crippen LogP contribution in [-0.4, -0.2) is 4.57 Å². The Balaban J connectivity index is 2.46. The molecule has 0 amide bonds. The van der Waals surface area contributed by atoms with Crippen LogP contribution in [0.3, 0.4) is 0 Å². The predicted octanol–water partition coefficient (Wildman–Crippen LogP) is 4.56. The molecule has 0 aliphatic rings. The molecule has 0 atom stereocenters. The molecule has 2 nitrogen and oxygen atoms in total. The van der Waals surface area contributed by atoms with Crippen LogP contribution in [0.25, 0.3) is 16.5 Å². The molecule has 0 radical (unpaired) electrons. The normalized spacial score (nSPS) is 11.3. The van der Waals surface area contributed by atoms with Gasteiger partial charge >= 0.3 is 0 Å². The van der Waals surface area contributed by atoms with Gasteiger partial charge in [0.25, 0.3) is 5.56 Å². The molecular formula is C19H18FNO. The van der Waals surface area contributed by atoms with E-state index in [0.29, 0.717) is 11.1 Å². The van der Waals surface area contributed by atoms with Crippen molar-refractivity contribution in [2.45, 2.75) is 26.7 Å². The molecule has 22 heavy (non-hydrogen) atoms. The molecule has 0 N–H and O–H groups in total. The summed E-state index contributed by atoms with van der Waals surface area (Å²) in [6.45, 7) is 5.96. The molecule has 112 valence electrons. The Kier molecular flexibility index (Phi) is 3.57. The number of fused-ring (bicyclic) bond motifs is 1. The minimum Gasteiger partial charge on any atom is -0.280 e. The van der Waals surface area contributed by atoms with Crippen molar-refractivity contribution in [2.75, 3.05) is 0 Å². The molecule has 0 aliphatic heterocycles. The maximum atomic E-state index is 14.3. The van der Waals surface area contributed by atoms with Crippen molar-refractivity contribution in [3.8, 4) is 5.69 Å². The fourth-order valence-corrected chi connectivity index (χ4v) is 2.87.